The van der Waals surface area contributed by atoms with Crippen LogP contribution in [0.2, 0.25) is 13.3 Å². The summed E-state index contributed by atoms with van der Waals surface area (Å²) in [7, 11) is 0. The Morgan fingerprint density at radius 2 is 1.52 bits per heavy atom. The van der Waals surface area contributed by atoms with Crippen molar-refractivity contribution in [3.63, 3.8) is 0 Å². The number of nitrogens with zero attached hydrogens (tertiary/aromatic N) is 1. The van der Waals surface area contributed by atoms with Gasteiger partial charge in [0.1, 0.15) is 0 Å². The Morgan fingerprint density at radius 1 is 0.966 bits per heavy atom. The number of aromatic carboxylic acids is 1. The molecule has 0 fully saturated rings. The van der Waals surface area contributed by atoms with Crippen molar-refractivity contribution < 1.29 is 9.90 Å². The van der Waals surface area contributed by atoms with Gasteiger partial charge in [-0.1, -0.05) is 0 Å². The van der Waals surface area contributed by atoms with E-state index in [1.165, 1.54) is 55.4 Å². The molecular formula is C24H37NO3Sn. The van der Waals surface area contributed by atoms with Crippen molar-refractivity contribution in [2.24, 2.45) is 0 Å². The van der Waals surface area contributed by atoms with Crippen LogP contribution in [0.3, 0.4) is 0 Å². The Balaban J connectivity index is 2.69. The van der Waals surface area contributed by atoms with E-state index >= 15 is 0 Å². The third kappa shape index (κ3) is 5.44. The maximum atomic E-state index is 12.7. The number of aromatic nitrogens is 1. The van der Waals surface area contributed by atoms with E-state index in [4.69, 9.17) is 0 Å². The molecule has 29 heavy (non-hydrogen) atoms. The van der Waals surface area contributed by atoms with Gasteiger partial charge in [-0.2, -0.15) is 0 Å². The van der Waals surface area contributed by atoms with E-state index in [0.717, 1.165) is 17.5 Å². The third-order valence-electron chi connectivity index (χ3n) is 6.30. The van der Waals surface area contributed by atoms with Gasteiger partial charge in [0.15, 0.2) is 0 Å². The summed E-state index contributed by atoms with van der Waals surface area (Å²) in [5.74, 6) is -1.15. The first kappa shape index (κ1) is 24.0. The molecule has 0 aliphatic rings. The second kappa shape index (κ2) is 11.2. The molecule has 0 amide bonds. The summed E-state index contributed by atoms with van der Waals surface area (Å²) in [4.78, 5) is 24.2. The van der Waals surface area contributed by atoms with E-state index in [0.29, 0.717) is 0 Å². The van der Waals surface area contributed by atoms with Gasteiger partial charge in [-0.05, 0) is 0 Å². The molecule has 0 aliphatic carbocycles. The van der Waals surface area contributed by atoms with Gasteiger partial charge in [0.25, 0.3) is 0 Å². The average Bonchev–Trinajstić information content (AvgIpc) is 2.73. The van der Waals surface area contributed by atoms with Crippen molar-refractivity contribution in [1.82, 2.24) is 4.40 Å². The number of unbranched alkanes of at least 4 members (excludes halogenated alkanes) is 3. The summed E-state index contributed by atoms with van der Waals surface area (Å²) in [5.41, 5.74) is 1.30. The van der Waals surface area contributed by atoms with Gasteiger partial charge in [-0.3, -0.25) is 0 Å². The summed E-state index contributed by atoms with van der Waals surface area (Å²) >= 11 is -2.60. The van der Waals surface area contributed by atoms with E-state index in [9.17, 15) is 14.7 Å². The normalized spacial score (nSPS) is 11.9. The molecular weight excluding hydrogens is 469 g/mol. The van der Waals surface area contributed by atoms with Crippen LogP contribution in [0.1, 0.15) is 82.1 Å². The van der Waals surface area contributed by atoms with Crippen LogP contribution in [-0.4, -0.2) is 33.9 Å². The van der Waals surface area contributed by atoms with Gasteiger partial charge >= 0.3 is 180 Å². The molecule has 0 aromatic carbocycles. The van der Waals surface area contributed by atoms with Crippen molar-refractivity contribution in [2.75, 3.05) is 0 Å². The number of hydrogen-bond acceptors (Lipinski definition) is 2. The van der Waals surface area contributed by atoms with Crippen molar-refractivity contribution in [2.45, 2.75) is 86.0 Å². The quantitative estimate of drug-likeness (QED) is 0.381. The number of aryl methyl sites for hydroxylation is 1. The van der Waals surface area contributed by atoms with Crippen LogP contribution >= 0.6 is 0 Å². The van der Waals surface area contributed by atoms with Gasteiger partial charge < -0.3 is 0 Å². The van der Waals surface area contributed by atoms with Crippen LogP contribution in [0, 0.1) is 0 Å². The molecule has 2 rings (SSSR count). The number of pyridine rings is 2. The van der Waals surface area contributed by atoms with Crippen molar-refractivity contribution in [1.29, 1.82) is 0 Å². The van der Waals surface area contributed by atoms with Crippen LogP contribution in [0.4, 0.5) is 0 Å². The van der Waals surface area contributed by atoms with Crippen molar-refractivity contribution >= 4 is 33.4 Å². The van der Waals surface area contributed by atoms with Crippen molar-refractivity contribution in [3.8, 4) is 0 Å². The molecule has 0 radical (unpaired) electrons. The number of fused-ring (bicyclic) bond motifs is 1. The molecule has 2 aromatic heterocycles. The second-order valence-electron chi connectivity index (χ2n) is 8.31. The number of carbonyl (C=O) groups is 1. The molecule has 2 heterocycles. The standard InChI is InChI=1S/C12H10NO3.3C4H9.Sn/c1-2-8-7-9(12(15)16)11(14)13-6-4-3-5-10(8)13;3*1-3-4-2;/h4-7H,2H2,1H3,(H,15,16);3*1,3-4H2,2H3;. The zero-order valence-electron chi connectivity index (χ0n) is 18.6. The van der Waals surface area contributed by atoms with Crippen LogP contribution in [0.25, 0.3) is 5.52 Å². The van der Waals surface area contributed by atoms with Crippen molar-refractivity contribution in [3.05, 3.63) is 45.9 Å². The second-order valence-corrected chi connectivity index (χ2v) is 21.5. The Labute approximate surface area is 179 Å². The Morgan fingerprint density at radius 3 is 1.97 bits per heavy atom. The number of rotatable bonds is 12. The summed E-state index contributed by atoms with van der Waals surface area (Å²) in [6.07, 6.45) is 10.1. The molecule has 1 N–H and O–H groups in total. The fourth-order valence-electron chi connectivity index (χ4n) is 4.48. The molecule has 0 atom stereocenters. The number of carboxylic acid groups (broad SMARTS) is 1. The molecule has 0 spiro atoms. The molecule has 160 valence electrons. The summed E-state index contributed by atoms with van der Waals surface area (Å²) in [5, 5.41) is 9.42. The first-order valence-electron chi connectivity index (χ1n) is 11.4. The monoisotopic (exact) mass is 507 g/mol. The van der Waals surface area contributed by atoms with Crippen LogP contribution in [0.15, 0.2) is 29.2 Å². The van der Waals surface area contributed by atoms with Gasteiger partial charge in [0, 0.05) is 0 Å². The van der Waals surface area contributed by atoms with Crippen LogP contribution in [0.5, 0.6) is 0 Å². The first-order valence-corrected chi connectivity index (χ1v) is 18.8. The van der Waals surface area contributed by atoms with Crippen LogP contribution in [-0.2, 0) is 6.42 Å². The number of hydrogen-bond donors (Lipinski definition) is 1. The van der Waals surface area contributed by atoms with Gasteiger partial charge in [0.2, 0.25) is 0 Å². The fraction of sp³-hybridized carbons (Fsp3) is 0.583. The Hall–Kier alpha value is -1.30. The average molecular weight is 506 g/mol. The SMILES string of the molecule is CCC[CH2][Sn]([CH2]CCC)([CH2]CCC)[c]1ccn2c(=O)c(C(=O)O)cc(CC)c2c1. The minimum atomic E-state index is -2.60. The molecule has 0 saturated heterocycles. The molecule has 0 aliphatic heterocycles. The van der Waals surface area contributed by atoms with E-state index < -0.39 is 29.9 Å². The minimum absolute atomic E-state index is 0.134. The fourth-order valence-corrected chi connectivity index (χ4v) is 20.4. The molecule has 2 aromatic rings. The maximum absolute atomic E-state index is 12.7. The van der Waals surface area contributed by atoms with Gasteiger partial charge in [0.05, 0.1) is 0 Å². The summed E-state index contributed by atoms with van der Waals surface area (Å²) in [6.45, 7) is 8.86. The molecule has 4 nitrogen and oxygen atoms in total. The van der Waals surface area contributed by atoms with Gasteiger partial charge in [-0.25, -0.2) is 0 Å². The molecule has 0 bridgehead atoms. The number of carboxylic acids is 1. The third-order valence-corrected chi connectivity index (χ3v) is 21.9. The molecule has 0 saturated carbocycles. The Bertz CT molecular complexity index is 866. The van der Waals surface area contributed by atoms with Gasteiger partial charge in [-0.15, -0.1) is 0 Å². The van der Waals surface area contributed by atoms with E-state index in [-0.39, 0.29) is 5.56 Å². The zero-order valence-corrected chi connectivity index (χ0v) is 21.4. The van der Waals surface area contributed by atoms with E-state index in [1.54, 1.807) is 10.5 Å². The molecule has 5 heteroatoms. The van der Waals surface area contributed by atoms with Crippen LogP contribution < -0.4 is 9.14 Å². The summed E-state index contributed by atoms with van der Waals surface area (Å²) < 4.78 is 7.20. The predicted molar refractivity (Wildman–Crippen MR) is 125 cm³/mol. The Kier molecular flexibility index (Phi) is 9.25. The first-order chi connectivity index (χ1) is 13.9. The summed E-state index contributed by atoms with van der Waals surface area (Å²) in [6, 6.07) is 6.02. The van der Waals surface area contributed by atoms with E-state index in [1.807, 2.05) is 13.1 Å². The predicted octanol–water partition coefficient (Wildman–Crippen LogP) is 5.62. The topological polar surface area (TPSA) is 58.8 Å². The van der Waals surface area contributed by atoms with E-state index in [2.05, 4.69) is 32.9 Å². The zero-order chi connectivity index (χ0) is 21.4. The molecule has 0 unspecified atom stereocenters.